The second-order valence-electron chi connectivity index (χ2n) is 2.49. The Hall–Kier alpha value is -0.770. The topological polar surface area (TPSA) is 60.2 Å². The van der Waals surface area contributed by atoms with E-state index < -0.39 is 0 Å². The minimum Gasteiger partial charge on any atom is -0.370 e. The van der Waals surface area contributed by atoms with Crippen LogP contribution in [0.4, 0.5) is 0 Å². The van der Waals surface area contributed by atoms with E-state index in [0.717, 1.165) is 0 Å². The van der Waals surface area contributed by atoms with E-state index >= 15 is 0 Å². The Balaban J connectivity index is 3.38. The molecular formula is C8H13NO2S. The molecule has 0 fully saturated rings. The van der Waals surface area contributed by atoms with Crippen LogP contribution in [0.25, 0.3) is 0 Å². The fourth-order valence-corrected chi connectivity index (χ4v) is 1.25. The maximum atomic E-state index is 10.9. The number of hydrogen-bond donors (Lipinski definition) is 1. The van der Waals surface area contributed by atoms with Gasteiger partial charge in [-0.05, 0) is 18.9 Å². The number of nitrogens with two attached hydrogens (primary N) is 1. The van der Waals surface area contributed by atoms with Crippen molar-refractivity contribution >= 4 is 22.8 Å². The number of thioether (sulfide) groups is 1. The first kappa shape index (κ1) is 11.2. The van der Waals surface area contributed by atoms with Gasteiger partial charge in [-0.2, -0.15) is 0 Å². The van der Waals surface area contributed by atoms with Gasteiger partial charge in [-0.25, -0.2) is 0 Å². The molecule has 0 aromatic heterocycles. The van der Waals surface area contributed by atoms with Crippen molar-refractivity contribution in [2.75, 3.05) is 5.75 Å². The maximum Gasteiger partial charge on any atom is 0.217 e. The van der Waals surface area contributed by atoms with E-state index in [1.165, 1.54) is 11.8 Å². The maximum absolute atomic E-state index is 10.9. The summed E-state index contributed by atoms with van der Waals surface area (Å²) in [6.45, 7) is 5.18. The van der Waals surface area contributed by atoms with Gasteiger partial charge < -0.3 is 5.73 Å². The summed E-state index contributed by atoms with van der Waals surface area (Å²) in [5, 5.41) is -0.0144. The highest BCUT2D eigenvalue weighted by Crippen LogP contribution is 2.10. The largest absolute Gasteiger partial charge is 0.370 e. The van der Waals surface area contributed by atoms with Crippen LogP contribution in [-0.4, -0.2) is 16.8 Å². The van der Waals surface area contributed by atoms with Crippen LogP contribution in [0.2, 0.25) is 0 Å². The first-order valence-electron chi connectivity index (χ1n) is 3.65. The summed E-state index contributed by atoms with van der Waals surface area (Å²) in [5.41, 5.74) is 5.46. The van der Waals surface area contributed by atoms with Crippen LogP contribution < -0.4 is 5.73 Å². The summed E-state index contributed by atoms with van der Waals surface area (Å²) in [7, 11) is 0. The average molecular weight is 187 g/mol. The van der Waals surface area contributed by atoms with E-state index in [4.69, 9.17) is 5.73 Å². The standard InChI is InChI=1S/C8H13NO2S/c1-6(2)8(11)12-5-3-4-7(9)10/h1,3-5H2,2H3,(H2,9,10). The molecule has 0 bridgehead atoms. The van der Waals surface area contributed by atoms with Gasteiger partial charge >= 0.3 is 0 Å². The normalized spacial score (nSPS) is 9.42. The van der Waals surface area contributed by atoms with Crippen LogP contribution in [0.5, 0.6) is 0 Å². The summed E-state index contributed by atoms with van der Waals surface area (Å²) < 4.78 is 0. The van der Waals surface area contributed by atoms with Gasteiger partial charge in [0.15, 0.2) is 0 Å². The third-order valence-electron chi connectivity index (χ3n) is 1.15. The van der Waals surface area contributed by atoms with Crippen molar-refractivity contribution in [3.63, 3.8) is 0 Å². The fourth-order valence-electron chi connectivity index (χ4n) is 0.534. The predicted octanol–water partition coefficient (Wildman–Crippen LogP) is 1.09. The molecule has 0 saturated heterocycles. The number of rotatable bonds is 5. The van der Waals surface area contributed by atoms with Crippen LogP contribution in [-0.2, 0) is 9.59 Å². The molecule has 0 aromatic rings. The summed E-state index contributed by atoms with van der Waals surface area (Å²) >= 11 is 1.18. The van der Waals surface area contributed by atoms with Gasteiger partial charge in [0.1, 0.15) is 0 Å². The lowest BCUT2D eigenvalue weighted by molar-refractivity contribution is -0.118. The number of carbonyl (C=O) groups excluding carboxylic acids is 2. The smallest absolute Gasteiger partial charge is 0.217 e. The lowest BCUT2D eigenvalue weighted by Gasteiger charge is -1.97. The van der Waals surface area contributed by atoms with Crippen molar-refractivity contribution in [3.8, 4) is 0 Å². The van der Waals surface area contributed by atoms with Gasteiger partial charge in [0.05, 0.1) is 0 Å². The lowest BCUT2D eigenvalue weighted by atomic mass is 10.3. The fraction of sp³-hybridized carbons (Fsp3) is 0.500. The quantitative estimate of drug-likeness (QED) is 0.517. The Labute approximate surface area is 76.4 Å². The average Bonchev–Trinajstić information content (AvgIpc) is 1.97. The van der Waals surface area contributed by atoms with Crippen molar-refractivity contribution in [1.82, 2.24) is 0 Å². The molecule has 12 heavy (non-hydrogen) atoms. The van der Waals surface area contributed by atoms with Crippen molar-refractivity contribution in [3.05, 3.63) is 12.2 Å². The van der Waals surface area contributed by atoms with Crippen molar-refractivity contribution < 1.29 is 9.59 Å². The molecule has 0 radical (unpaired) electrons. The van der Waals surface area contributed by atoms with Gasteiger partial charge in [-0.15, -0.1) is 0 Å². The van der Waals surface area contributed by atoms with E-state index in [1.807, 2.05) is 0 Å². The molecule has 0 aliphatic rings. The molecule has 0 aromatic carbocycles. The van der Waals surface area contributed by atoms with E-state index in [1.54, 1.807) is 6.92 Å². The second kappa shape index (κ2) is 5.83. The molecule has 2 N–H and O–H groups in total. The summed E-state index contributed by atoms with van der Waals surface area (Å²) in [5.74, 6) is 0.313. The molecule has 68 valence electrons. The van der Waals surface area contributed by atoms with E-state index in [2.05, 4.69) is 6.58 Å². The Morgan fingerprint density at radius 1 is 1.50 bits per heavy atom. The van der Waals surface area contributed by atoms with E-state index in [9.17, 15) is 9.59 Å². The van der Waals surface area contributed by atoms with Crippen LogP contribution >= 0.6 is 11.8 Å². The zero-order chi connectivity index (χ0) is 9.56. The van der Waals surface area contributed by atoms with Crippen LogP contribution in [0.15, 0.2) is 12.2 Å². The number of primary amides is 1. The van der Waals surface area contributed by atoms with Gasteiger partial charge in [0, 0.05) is 12.2 Å². The molecule has 0 unspecified atom stereocenters. The molecule has 0 heterocycles. The van der Waals surface area contributed by atoms with E-state index in [-0.39, 0.29) is 11.0 Å². The number of carbonyl (C=O) groups is 2. The highest BCUT2D eigenvalue weighted by atomic mass is 32.2. The minimum absolute atomic E-state index is 0.0144. The van der Waals surface area contributed by atoms with E-state index in [0.29, 0.717) is 24.2 Å². The zero-order valence-electron chi connectivity index (χ0n) is 7.13. The van der Waals surface area contributed by atoms with Crippen molar-refractivity contribution in [2.45, 2.75) is 19.8 Å². The number of amides is 1. The first-order valence-corrected chi connectivity index (χ1v) is 4.63. The van der Waals surface area contributed by atoms with Gasteiger partial charge in [-0.1, -0.05) is 18.3 Å². The monoisotopic (exact) mass is 187 g/mol. The van der Waals surface area contributed by atoms with Crippen LogP contribution in [0, 0.1) is 0 Å². The Bertz CT molecular complexity index is 201. The molecule has 0 rings (SSSR count). The Morgan fingerprint density at radius 3 is 2.50 bits per heavy atom. The summed E-state index contributed by atoms with van der Waals surface area (Å²) in [6, 6.07) is 0. The van der Waals surface area contributed by atoms with Crippen LogP contribution in [0.1, 0.15) is 19.8 Å². The Kier molecular flexibility index (Phi) is 5.45. The molecule has 4 heteroatoms. The highest BCUT2D eigenvalue weighted by molar-refractivity contribution is 8.14. The molecular weight excluding hydrogens is 174 g/mol. The minimum atomic E-state index is -0.321. The summed E-state index contributed by atoms with van der Waals surface area (Å²) in [6.07, 6.45) is 0.996. The predicted molar refractivity (Wildman–Crippen MR) is 50.7 cm³/mol. The van der Waals surface area contributed by atoms with Crippen molar-refractivity contribution in [1.29, 1.82) is 0 Å². The SMILES string of the molecule is C=C(C)C(=O)SCCCC(N)=O. The van der Waals surface area contributed by atoms with Gasteiger partial charge in [0.2, 0.25) is 11.0 Å². The second-order valence-corrected chi connectivity index (χ2v) is 3.55. The van der Waals surface area contributed by atoms with Gasteiger partial charge in [-0.3, -0.25) is 9.59 Å². The van der Waals surface area contributed by atoms with Crippen molar-refractivity contribution in [2.24, 2.45) is 5.73 Å². The van der Waals surface area contributed by atoms with Crippen LogP contribution in [0.3, 0.4) is 0 Å². The molecule has 0 aliphatic carbocycles. The summed E-state index contributed by atoms with van der Waals surface area (Å²) in [4.78, 5) is 21.2. The third kappa shape index (κ3) is 5.97. The molecule has 1 amide bonds. The lowest BCUT2D eigenvalue weighted by Crippen LogP contribution is -2.10. The third-order valence-corrected chi connectivity index (χ3v) is 2.25. The highest BCUT2D eigenvalue weighted by Gasteiger charge is 2.02. The zero-order valence-corrected chi connectivity index (χ0v) is 7.95. The van der Waals surface area contributed by atoms with Gasteiger partial charge in [0.25, 0.3) is 0 Å². The molecule has 0 aliphatic heterocycles. The molecule has 3 nitrogen and oxygen atoms in total. The Morgan fingerprint density at radius 2 is 2.08 bits per heavy atom. The first-order chi connectivity index (χ1) is 5.54. The molecule has 0 saturated carbocycles. The number of hydrogen-bond acceptors (Lipinski definition) is 3. The molecule has 0 spiro atoms. The molecule has 0 atom stereocenters.